The average Bonchev–Trinajstić information content (AvgIpc) is 2.67. The molecule has 0 fully saturated rings. The van der Waals surface area contributed by atoms with Crippen LogP contribution >= 0.6 is 0 Å². The van der Waals surface area contributed by atoms with E-state index < -0.39 is 0 Å². The zero-order valence-corrected chi connectivity index (χ0v) is 17.8. The molecule has 0 amide bonds. The van der Waals surface area contributed by atoms with Crippen LogP contribution in [0.1, 0.15) is 56.2 Å². The quantitative estimate of drug-likeness (QED) is 0.513. The van der Waals surface area contributed by atoms with Gasteiger partial charge in [0.25, 0.3) is 0 Å². The Morgan fingerprint density at radius 2 is 1.62 bits per heavy atom. The number of fused-ring (bicyclic) bond motifs is 1. The summed E-state index contributed by atoms with van der Waals surface area (Å²) < 4.78 is 0. The minimum absolute atomic E-state index is 0.0348. The van der Waals surface area contributed by atoms with Gasteiger partial charge in [0.1, 0.15) is 0 Å². The highest BCUT2D eigenvalue weighted by molar-refractivity contribution is 6.10. The Morgan fingerprint density at radius 1 is 0.931 bits per heavy atom. The van der Waals surface area contributed by atoms with Gasteiger partial charge >= 0.3 is 0 Å². The number of hydrogen-bond acceptors (Lipinski definition) is 2. The monoisotopic (exact) mass is 383 g/mol. The molecule has 2 nitrogen and oxygen atoms in total. The summed E-state index contributed by atoms with van der Waals surface area (Å²) in [5.74, 6) is 0.282. The molecule has 0 radical (unpaired) electrons. The van der Waals surface area contributed by atoms with Crippen molar-refractivity contribution in [1.29, 1.82) is 0 Å². The van der Waals surface area contributed by atoms with Crippen molar-refractivity contribution < 1.29 is 4.79 Å². The van der Waals surface area contributed by atoms with E-state index in [2.05, 4.69) is 70.2 Å². The smallest absolute Gasteiger partial charge is 0.160 e. The van der Waals surface area contributed by atoms with Crippen LogP contribution in [-0.4, -0.2) is 5.78 Å². The van der Waals surface area contributed by atoms with Gasteiger partial charge in [-0.1, -0.05) is 80.9 Å². The van der Waals surface area contributed by atoms with E-state index in [-0.39, 0.29) is 17.1 Å². The maximum Gasteiger partial charge on any atom is 0.160 e. The molecule has 1 atom stereocenters. The van der Waals surface area contributed by atoms with E-state index >= 15 is 0 Å². The molecule has 0 spiro atoms. The van der Waals surface area contributed by atoms with Crippen molar-refractivity contribution in [2.75, 3.05) is 5.73 Å². The summed E-state index contributed by atoms with van der Waals surface area (Å²) in [5, 5.41) is 2.28. The molecular formula is C27H29NO. The molecule has 0 unspecified atom stereocenters. The van der Waals surface area contributed by atoms with Gasteiger partial charge < -0.3 is 5.73 Å². The molecule has 0 saturated carbocycles. The Morgan fingerprint density at radius 3 is 2.34 bits per heavy atom. The van der Waals surface area contributed by atoms with Gasteiger partial charge in [-0.2, -0.15) is 0 Å². The van der Waals surface area contributed by atoms with Gasteiger partial charge in [-0.15, -0.1) is 0 Å². The summed E-state index contributed by atoms with van der Waals surface area (Å²) in [7, 11) is 0. The Hall–Kier alpha value is -2.87. The third kappa shape index (κ3) is 3.60. The molecule has 0 bridgehead atoms. The lowest BCUT2D eigenvalue weighted by Crippen LogP contribution is -2.27. The first-order valence-corrected chi connectivity index (χ1v) is 10.4. The van der Waals surface area contributed by atoms with Crippen molar-refractivity contribution in [1.82, 2.24) is 0 Å². The molecule has 4 rings (SSSR count). The number of aryl methyl sites for hydroxylation is 1. The minimum atomic E-state index is -0.0771. The second-order valence-electron chi connectivity index (χ2n) is 9.22. The van der Waals surface area contributed by atoms with E-state index in [9.17, 15) is 4.79 Å². The maximum absolute atomic E-state index is 13.4. The lowest BCUT2D eigenvalue weighted by atomic mass is 9.68. The number of allylic oxidation sites excluding steroid dienone is 2. The van der Waals surface area contributed by atoms with E-state index in [0.717, 1.165) is 39.6 Å². The Bertz CT molecular complexity index is 1120. The SMILES string of the molecule is Cc1ccc([C@@H](C)C2=C(c3c(N)ccc4ccccc34)CC(C)(C)CC2=O)cc1. The van der Waals surface area contributed by atoms with Gasteiger partial charge in [0, 0.05) is 29.2 Å². The zero-order valence-electron chi connectivity index (χ0n) is 17.8. The van der Waals surface area contributed by atoms with Crippen LogP contribution in [0.5, 0.6) is 0 Å². The molecular weight excluding hydrogens is 354 g/mol. The summed E-state index contributed by atoms with van der Waals surface area (Å²) in [6.45, 7) is 8.60. The van der Waals surface area contributed by atoms with E-state index in [1.54, 1.807) is 0 Å². The summed E-state index contributed by atoms with van der Waals surface area (Å²) >= 11 is 0. The third-order valence-electron chi connectivity index (χ3n) is 6.19. The number of nitrogens with two attached hydrogens (primary N) is 1. The third-order valence-corrected chi connectivity index (χ3v) is 6.19. The molecule has 1 aliphatic carbocycles. The predicted molar refractivity (Wildman–Crippen MR) is 123 cm³/mol. The van der Waals surface area contributed by atoms with Crippen LogP contribution in [0.15, 0.2) is 66.2 Å². The van der Waals surface area contributed by atoms with Crippen molar-refractivity contribution in [3.63, 3.8) is 0 Å². The number of nitrogen functional groups attached to an aromatic ring is 1. The highest BCUT2D eigenvalue weighted by Gasteiger charge is 2.36. The molecule has 1 aliphatic rings. The first-order valence-electron chi connectivity index (χ1n) is 10.4. The minimum Gasteiger partial charge on any atom is -0.398 e. The number of rotatable bonds is 3. The van der Waals surface area contributed by atoms with Crippen LogP contribution in [0.3, 0.4) is 0 Å². The summed E-state index contributed by atoms with van der Waals surface area (Å²) in [6, 6.07) is 20.9. The van der Waals surface area contributed by atoms with Crippen LogP contribution in [0.4, 0.5) is 5.69 Å². The topological polar surface area (TPSA) is 43.1 Å². The van der Waals surface area contributed by atoms with Crippen LogP contribution < -0.4 is 5.73 Å². The fourth-order valence-electron chi connectivity index (χ4n) is 4.71. The van der Waals surface area contributed by atoms with Crippen molar-refractivity contribution >= 4 is 27.8 Å². The molecule has 148 valence electrons. The van der Waals surface area contributed by atoms with Gasteiger partial charge in [-0.25, -0.2) is 0 Å². The molecule has 2 N–H and O–H groups in total. The van der Waals surface area contributed by atoms with Gasteiger partial charge in [-0.05, 0) is 46.7 Å². The Balaban J connectivity index is 2.00. The lowest BCUT2D eigenvalue weighted by molar-refractivity contribution is -0.118. The Kier molecular flexibility index (Phi) is 4.82. The van der Waals surface area contributed by atoms with Crippen LogP contribution in [-0.2, 0) is 4.79 Å². The summed E-state index contributed by atoms with van der Waals surface area (Å²) in [5.41, 5.74) is 12.7. The number of benzene rings is 3. The second-order valence-corrected chi connectivity index (χ2v) is 9.22. The zero-order chi connectivity index (χ0) is 20.8. The number of Topliss-reactive ketones (excluding diaryl/α,β-unsaturated/α-hetero) is 1. The molecule has 0 aromatic heterocycles. The summed E-state index contributed by atoms with van der Waals surface area (Å²) in [4.78, 5) is 13.4. The molecule has 2 heteroatoms. The van der Waals surface area contributed by atoms with Crippen molar-refractivity contribution in [2.45, 2.75) is 46.5 Å². The normalized spacial score (nSPS) is 17.6. The lowest BCUT2D eigenvalue weighted by Gasteiger charge is -2.35. The molecule has 0 aliphatic heterocycles. The number of ketones is 1. The fourth-order valence-corrected chi connectivity index (χ4v) is 4.71. The van der Waals surface area contributed by atoms with Crippen molar-refractivity contribution in [3.8, 4) is 0 Å². The first-order chi connectivity index (χ1) is 13.8. The Labute approximate surface area is 173 Å². The number of carbonyl (C=O) groups is 1. The molecule has 0 heterocycles. The average molecular weight is 384 g/mol. The van der Waals surface area contributed by atoms with Gasteiger partial charge in [-0.3, -0.25) is 4.79 Å². The number of carbonyl (C=O) groups excluding carboxylic acids is 1. The number of anilines is 1. The van der Waals surface area contributed by atoms with Gasteiger partial charge in [0.2, 0.25) is 0 Å². The largest absolute Gasteiger partial charge is 0.398 e. The van der Waals surface area contributed by atoms with Crippen LogP contribution in [0, 0.1) is 12.3 Å². The highest BCUT2D eigenvalue weighted by Crippen LogP contribution is 2.48. The van der Waals surface area contributed by atoms with E-state index in [1.807, 2.05) is 18.2 Å². The fraction of sp³-hybridized carbons (Fsp3) is 0.296. The predicted octanol–water partition coefficient (Wildman–Crippen LogP) is 6.68. The van der Waals surface area contributed by atoms with Crippen molar-refractivity contribution in [3.05, 3.63) is 82.9 Å². The van der Waals surface area contributed by atoms with Crippen molar-refractivity contribution in [2.24, 2.45) is 5.41 Å². The first kappa shape index (κ1) is 19.4. The highest BCUT2D eigenvalue weighted by atomic mass is 16.1. The van der Waals surface area contributed by atoms with Crippen LogP contribution in [0.25, 0.3) is 16.3 Å². The van der Waals surface area contributed by atoms with E-state index in [1.165, 1.54) is 11.1 Å². The summed E-state index contributed by atoms with van der Waals surface area (Å²) in [6.07, 6.45) is 1.43. The molecule has 0 saturated heterocycles. The molecule has 3 aromatic rings. The molecule has 3 aromatic carbocycles. The van der Waals surface area contributed by atoms with E-state index in [4.69, 9.17) is 5.73 Å². The van der Waals surface area contributed by atoms with E-state index in [0.29, 0.717) is 6.42 Å². The molecule has 29 heavy (non-hydrogen) atoms. The number of hydrogen-bond donors (Lipinski definition) is 1. The van der Waals surface area contributed by atoms with Gasteiger partial charge in [0.15, 0.2) is 5.78 Å². The van der Waals surface area contributed by atoms with Crippen LogP contribution in [0.2, 0.25) is 0 Å². The second kappa shape index (κ2) is 7.18. The maximum atomic E-state index is 13.4. The van der Waals surface area contributed by atoms with Gasteiger partial charge in [0.05, 0.1) is 0 Å². The standard InChI is InChI=1S/C27H29NO/c1-17-9-11-19(12-10-17)18(2)25-22(15-27(3,4)16-24(25)29)26-21-8-6-5-7-20(21)13-14-23(26)28/h5-14,18H,15-16,28H2,1-4H3/t18-/m1/s1.